The molecule has 44 heavy (non-hydrogen) atoms. The summed E-state index contributed by atoms with van der Waals surface area (Å²) >= 11 is 12.4. The Morgan fingerprint density at radius 1 is 1.05 bits per heavy atom. The lowest BCUT2D eigenvalue weighted by Crippen LogP contribution is -2.49. The standard InChI is InChI=1S/C32H31Cl2F4N3O3/c1-40-28-8-6-22(35)17-25(28)31(18-29(40)42)10-13-41(14-11-31)12-9-24(21-5-7-26(33)27(34)16-21)30(43)39-19-20-3-2-4-23(15-20)44-32(36,37)38/h2-8,15-17,24H,9-14,18-19H2,1H3,(H,39,43). The van der Waals surface area contributed by atoms with Gasteiger partial charge in [-0.15, -0.1) is 13.2 Å². The summed E-state index contributed by atoms with van der Waals surface area (Å²) in [5.74, 6) is -1.63. The van der Waals surface area contributed by atoms with Gasteiger partial charge >= 0.3 is 6.36 Å². The Morgan fingerprint density at radius 2 is 1.80 bits per heavy atom. The first-order valence-corrected chi connectivity index (χ1v) is 15.0. The van der Waals surface area contributed by atoms with Gasteiger partial charge in [0, 0.05) is 31.1 Å². The maximum atomic E-state index is 14.3. The largest absolute Gasteiger partial charge is 0.573 e. The van der Waals surface area contributed by atoms with Crippen LogP contribution in [0.5, 0.6) is 5.75 Å². The van der Waals surface area contributed by atoms with E-state index in [0.29, 0.717) is 66.5 Å². The van der Waals surface area contributed by atoms with Gasteiger partial charge in [-0.1, -0.05) is 41.4 Å². The number of carbonyl (C=O) groups excluding carboxylic acids is 2. The number of benzene rings is 3. The molecule has 1 fully saturated rings. The average Bonchev–Trinajstić information content (AvgIpc) is 2.97. The van der Waals surface area contributed by atoms with Crippen LogP contribution < -0.4 is 15.0 Å². The summed E-state index contributed by atoms with van der Waals surface area (Å²) in [6.07, 6.45) is -2.73. The minimum absolute atomic E-state index is 0.00358. The van der Waals surface area contributed by atoms with Crippen LogP contribution in [-0.4, -0.2) is 49.8 Å². The zero-order chi connectivity index (χ0) is 31.6. The first-order valence-electron chi connectivity index (χ1n) is 14.2. The fourth-order valence-electron chi connectivity index (χ4n) is 6.17. The van der Waals surface area contributed by atoms with Crippen LogP contribution >= 0.6 is 23.2 Å². The first-order chi connectivity index (χ1) is 20.8. The molecule has 0 radical (unpaired) electrons. The number of likely N-dealkylation sites (tertiary alicyclic amines) is 1. The number of nitrogens with zero attached hydrogens (tertiary/aromatic N) is 2. The molecule has 1 saturated heterocycles. The highest BCUT2D eigenvalue weighted by Gasteiger charge is 2.44. The number of hydrogen-bond donors (Lipinski definition) is 1. The third-order valence-electron chi connectivity index (χ3n) is 8.56. The average molecular weight is 653 g/mol. The van der Waals surface area contributed by atoms with Crippen molar-refractivity contribution < 1.29 is 31.9 Å². The molecule has 2 aliphatic heterocycles. The molecule has 1 N–H and O–H groups in total. The Bertz CT molecular complexity index is 1540. The van der Waals surface area contributed by atoms with Gasteiger partial charge in [0.25, 0.3) is 0 Å². The van der Waals surface area contributed by atoms with Crippen LogP contribution in [0.15, 0.2) is 60.7 Å². The number of rotatable bonds is 8. The van der Waals surface area contributed by atoms with Crippen molar-refractivity contribution in [1.29, 1.82) is 0 Å². The minimum Gasteiger partial charge on any atom is -0.406 e. The van der Waals surface area contributed by atoms with Crippen LogP contribution in [0.4, 0.5) is 23.2 Å². The van der Waals surface area contributed by atoms with Crippen molar-refractivity contribution in [3.63, 3.8) is 0 Å². The number of fused-ring (bicyclic) bond motifs is 2. The second-order valence-electron chi connectivity index (χ2n) is 11.3. The molecule has 3 aromatic rings. The van der Waals surface area contributed by atoms with E-state index < -0.39 is 17.7 Å². The number of hydrogen-bond acceptors (Lipinski definition) is 4. The highest BCUT2D eigenvalue weighted by atomic mass is 35.5. The van der Waals surface area contributed by atoms with Crippen molar-refractivity contribution in [2.75, 3.05) is 31.6 Å². The second-order valence-corrected chi connectivity index (χ2v) is 12.2. The number of nitrogens with one attached hydrogen (secondary N) is 1. The Morgan fingerprint density at radius 3 is 2.50 bits per heavy atom. The molecule has 0 bridgehead atoms. The molecular weight excluding hydrogens is 621 g/mol. The molecule has 0 aliphatic carbocycles. The molecule has 5 rings (SSSR count). The summed E-state index contributed by atoms with van der Waals surface area (Å²) in [6, 6.07) is 15.0. The Hall–Kier alpha value is -3.34. The predicted octanol–water partition coefficient (Wildman–Crippen LogP) is 7.22. The lowest BCUT2D eigenvalue weighted by molar-refractivity contribution is -0.274. The van der Waals surface area contributed by atoms with E-state index in [-0.39, 0.29) is 29.9 Å². The molecule has 2 amide bonds. The molecule has 1 unspecified atom stereocenters. The lowest BCUT2D eigenvalue weighted by atomic mass is 9.67. The van der Waals surface area contributed by atoms with Crippen LogP contribution in [0, 0.1) is 5.82 Å². The van der Waals surface area contributed by atoms with Gasteiger partial charge in [0.15, 0.2) is 0 Å². The van der Waals surface area contributed by atoms with Crippen LogP contribution in [0.25, 0.3) is 0 Å². The molecule has 1 spiro atoms. The fraction of sp³-hybridized carbons (Fsp3) is 0.375. The van der Waals surface area contributed by atoms with E-state index in [2.05, 4.69) is 15.0 Å². The number of carbonyl (C=O) groups is 2. The number of anilines is 1. The summed E-state index contributed by atoms with van der Waals surface area (Å²) < 4.78 is 56.2. The van der Waals surface area contributed by atoms with Gasteiger partial charge in [-0.2, -0.15) is 0 Å². The maximum absolute atomic E-state index is 14.3. The zero-order valence-electron chi connectivity index (χ0n) is 23.9. The normalized spacial score (nSPS) is 17.3. The topological polar surface area (TPSA) is 61.9 Å². The number of piperidine rings is 1. The number of halogens is 6. The summed E-state index contributed by atoms with van der Waals surface area (Å²) in [5, 5.41) is 3.48. The van der Waals surface area contributed by atoms with Gasteiger partial charge < -0.3 is 19.9 Å². The Kier molecular flexibility index (Phi) is 9.44. The Labute approximate surface area is 262 Å². The molecule has 12 heteroatoms. The SMILES string of the molecule is CN1C(=O)CC2(CCN(CCC(C(=O)NCc3cccc(OC(F)(F)F)c3)c3ccc(Cl)c(Cl)c3)CC2)c2cc(F)ccc21. The molecule has 6 nitrogen and oxygen atoms in total. The van der Waals surface area contributed by atoms with Gasteiger partial charge in [0.1, 0.15) is 11.6 Å². The number of ether oxygens (including phenoxy) is 1. The molecular formula is C32H31Cl2F4N3O3. The highest BCUT2D eigenvalue weighted by molar-refractivity contribution is 6.42. The third kappa shape index (κ3) is 7.30. The van der Waals surface area contributed by atoms with E-state index in [1.807, 2.05) is 0 Å². The maximum Gasteiger partial charge on any atom is 0.573 e. The zero-order valence-corrected chi connectivity index (χ0v) is 25.4. The summed E-state index contributed by atoms with van der Waals surface area (Å²) in [7, 11) is 1.71. The Balaban J connectivity index is 1.27. The van der Waals surface area contributed by atoms with Crippen LogP contribution in [-0.2, 0) is 21.5 Å². The van der Waals surface area contributed by atoms with Crippen molar-refractivity contribution in [2.45, 2.75) is 49.9 Å². The first kappa shape index (κ1) is 32.1. The van der Waals surface area contributed by atoms with Gasteiger partial charge in [0.05, 0.1) is 16.0 Å². The van der Waals surface area contributed by atoms with Crippen LogP contribution in [0.3, 0.4) is 0 Å². The smallest absolute Gasteiger partial charge is 0.406 e. The lowest BCUT2D eigenvalue weighted by Gasteiger charge is -2.47. The molecule has 2 aliphatic rings. The van der Waals surface area contributed by atoms with Crippen molar-refractivity contribution in [3.05, 3.63) is 93.2 Å². The molecule has 0 aromatic heterocycles. The second kappa shape index (κ2) is 12.9. The van der Waals surface area contributed by atoms with E-state index in [0.717, 1.165) is 11.3 Å². The van der Waals surface area contributed by atoms with Crippen LogP contribution in [0.1, 0.15) is 48.3 Å². The highest BCUT2D eigenvalue weighted by Crippen LogP contribution is 2.47. The number of amides is 2. The fourth-order valence-corrected chi connectivity index (χ4v) is 6.48. The molecule has 234 valence electrons. The van der Waals surface area contributed by atoms with Gasteiger partial charge in [-0.3, -0.25) is 9.59 Å². The van der Waals surface area contributed by atoms with E-state index in [4.69, 9.17) is 23.2 Å². The molecule has 3 aromatic carbocycles. The van der Waals surface area contributed by atoms with E-state index in [1.54, 1.807) is 48.3 Å². The van der Waals surface area contributed by atoms with Gasteiger partial charge in [-0.05, 0) is 98.1 Å². The summed E-state index contributed by atoms with van der Waals surface area (Å²) in [4.78, 5) is 30.1. The number of alkyl halides is 3. The van der Waals surface area contributed by atoms with Crippen LogP contribution in [0.2, 0.25) is 10.0 Å². The van der Waals surface area contributed by atoms with Crippen molar-refractivity contribution >= 4 is 40.7 Å². The quantitative estimate of drug-likeness (QED) is 0.261. The molecule has 1 atom stereocenters. The van der Waals surface area contributed by atoms with Crippen molar-refractivity contribution in [2.24, 2.45) is 0 Å². The van der Waals surface area contributed by atoms with E-state index >= 15 is 0 Å². The van der Waals surface area contributed by atoms with E-state index in [1.165, 1.54) is 24.3 Å². The van der Waals surface area contributed by atoms with Gasteiger partial charge in [0.2, 0.25) is 11.8 Å². The van der Waals surface area contributed by atoms with E-state index in [9.17, 15) is 27.2 Å². The van der Waals surface area contributed by atoms with Crippen molar-refractivity contribution in [3.8, 4) is 5.75 Å². The summed E-state index contributed by atoms with van der Waals surface area (Å²) in [6.45, 7) is 1.88. The summed E-state index contributed by atoms with van der Waals surface area (Å²) in [5.41, 5.74) is 2.26. The molecule has 2 heterocycles. The monoisotopic (exact) mass is 651 g/mol. The third-order valence-corrected chi connectivity index (χ3v) is 9.30. The molecule has 0 saturated carbocycles. The predicted molar refractivity (Wildman–Crippen MR) is 161 cm³/mol. The van der Waals surface area contributed by atoms with Crippen molar-refractivity contribution in [1.82, 2.24) is 10.2 Å². The van der Waals surface area contributed by atoms with Gasteiger partial charge in [-0.25, -0.2) is 4.39 Å². The minimum atomic E-state index is -4.82.